The van der Waals surface area contributed by atoms with E-state index in [4.69, 9.17) is 4.52 Å². The average molecular weight is 250 g/mol. The Morgan fingerprint density at radius 3 is 2.82 bits per heavy atom. The van der Waals surface area contributed by atoms with Gasteiger partial charge in [-0.1, -0.05) is 23.4 Å². The van der Waals surface area contributed by atoms with Crippen molar-refractivity contribution in [1.29, 1.82) is 0 Å². The van der Waals surface area contributed by atoms with Crippen molar-refractivity contribution in [3.8, 4) is 0 Å². The topological polar surface area (TPSA) is 59.2 Å². The zero-order chi connectivity index (χ0) is 12.3. The first-order chi connectivity index (χ1) is 8.16. The molecule has 2 aromatic rings. The van der Waals surface area contributed by atoms with Crippen molar-refractivity contribution in [3.63, 3.8) is 0 Å². The van der Waals surface area contributed by atoms with E-state index in [9.17, 15) is 5.11 Å². The van der Waals surface area contributed by atoms with Gasteiger partial charge < -0.3 is 9.63 Å². The zero-order valence-corrected chi connectivity index (χ0v) is 10.6. The normalized spacial score (nSPS) is 12.6. The van der Waals surface area contributed by atoms with Crippen LogP contribution in [0.5, 0.6) is 0 Å². The van der Waals surface area contributed by atoms with E-state index in [2.05, 4.69) is 29.2 Å². The molecular formula is C12H14N2O2S. The van der Waals surface area contributed by atoms with Gasteiger partial charge in [-0.15, -0.1) is 11.8 Å². The predicted octanol–water partition coefficient (Wildman–Crippen LogP) is 2.72. The van der Waals surface area contributed by atoms with Crippen LogP contribution in [-0.2, 0) is 5.75 Å². The van der Waals surface area contributed by atoms with Crippen LogP contribution in [0.25, 0.3) is 0 Å². The molecule has 1 atom stereocenters. The molecule has 1 aromatic heterocycles. The molecule has 0 saturated heterocycles. The monoisotopic (exact) mass is 250 g/mol. The highest BCUT2D eigenvalue weighted by molar-refractivity contribution is 7.98. The van der Waals surface area contributed by atoms with Gasteiger partial charge in [-0.05, 0) is 25.5 Å². The van der Waals surface area contributed by atoms with E-state index in [1.807, 2.05) is 12.1 Å². The molecule has 0 bridgehead atoms. The first-order valence-electron chi connectivity index (χ1n) is 5.36. The van der Waals surface area contributed by atoms with Gasteiger partial charge in [-0.3, -0.25) is 0 Å². The predicted molar refractivity (Wildman–Crippen MR) is 65.7 cm³/mol. The fourth-order valence-electron chi connectivity index (χ4n) is 1.36. The maximum Gasteiger partial charge on any atom is 0.255 e. The molecule has 0 aliphatic rings. The number of hydrogen-bond donors (Lipinski definition) is 1. The zero-order valence-electron chi connectivity index (χ0n) is 9.75. The summed E-state index contributed by atoms with van der Waals surface area (Å²) in [4.78, 5) is 5.31. The molecule has 0 radical (unpaired) electrons. The van der Waals surface area contributed by atoms with Gasteiger partial charge in [0.1, 0.15) is 6.10 Å². The Hall–Kier alpha value is -1.33. The average Bonchev–Trinajstić information content (AvgIpc) is 2.77. The molecule has 0 saturated carbocycles. The van der Waals surface area contributed by atoms with Crippen LogP contribution in [0.1, 0.15) is 30.3 Å². The number of nitrogens with zero attached hydrogens (tertiary/aromatic N) is 2. The molecule has 90 valence electrons. The molecule has 0 spiro atoms. The van der Waals surface area contributed by atoms with Crippen molar-refractivity contribution in [2.75, 3.05) is 0 Å². The van der Waals surface area contributed by atoms with Crippen LogP contribution >= 0.6 is 11.8 Å². The number of aryl methyl sites for hydroxylation is 1. The van der Waals surface area contributed by atoms with Crippen molar-refractivity contribution >= 4 is 11.8 Å². The number of hydrogen-bond acceptors (Lipinski definition) is 5. The van der Waals surface area contributed by atoms with Gasteiger partial charge >= 0.3 is 0 Å². The molecular weight excluding hydrogens is 236 g/mol. The standard InChI is InChI=1S/C12H14N2O2S/c1-8-5-3-4-6-10(8)17-7-11-13-12(9(2)15)16-14-11/h3-6,9,15H,7H2,1-2H3/t9-/m0/s1. The molecule has 0 unspecified atom stereocenters. The lowest BCUT2D eigenvalue weighted by molar-refractivity contribution is 0.151. The Bertz CT molecular complexity index is 497. The summed E-state index contributed by atoms with van der Waals surface area (Å²) in [6.07, 6.45) is -0.709. The van der Waals surface area contributed by atoms with Gasteiger partial charge in [0.2, 0.25) is 0 Å². The summed E-state index contributed by atoms with van der Waals surface area (Å²) in [5, 5.41) is 13.1. The number of thioether (sulfide) groups is 1. The second-order valence-electron chi connectivity index (χ2n) is 3.78. The number of aliphatic hydroxyl groups excluding tert-OH is 1. The van der Waals surface area contributed by atoms with E-state index in [1.54, 1.807) is 18.7 Å². The van der Waals surface area contributed by atoms with E-state index in [1.165, 1.54) is 10.5 Å². The van der Waals surface area contributed by atoms with E-state index >= 15 is 0 Å². The minimum absolute atomic E-state index is 0.269. The highest BCUT2D eigenvalue weighted by atomic mass is 32.2. The molecule has 1 aromatic carbocycles. The Labute approximate surface area is 104 Å². The van der Waals surface area contributed by atoms with Gasteiger partial charge in [-0.2, -0.15) is 4.98 Å². The Kier molecular flexibility index (Phi) is 3.81. The summed E-state index contributed by atoms with van der Waals surface area (Å²) in [6, 6.07) is 8.15. The lowest BCUT2D eigenvalue weighted by Gasteiger charge is -2.01. The summed E-state index contributed by atoms with van der Waals surface area (Å²) in [7, 11) is 0. The molecule has 0 aliphatic heterocycles. The number of aliphatic hydroxyl groups is 1. The SMILES string of the molecule is Cc1ccccc1SCc1noc([C@H](C)O)n1. The van der Waals surface area contributed by atoms with Crippen LogP contribution in [0.4, 0.5) is 0 Å². The van der Waals surface area contributed by atoms with E-state index in [0.717, 1.165) is 0 Å². The third kappa shape index (κ3) is 3.08. The van der Waals surface area contributed by atoms with Crippen LogP contribution < -0.4 is 0 Å². The second kappa shape index (κ2) is 5.33. The second-order valence-corrected chi connectivity index (χ2v) is 4.80. The van der Waals surface area contributed by atoms with Crippen molar-refractivity contribution in [2.24, 2.45) is 0 Å². The van der Waals surface area contributed by atoms with Crippen LogP contribution in [0.2, 0.25) is 0 Å². The number of aromatic nitrogens is 2. The first-order valence-corrected chi connectivity index (χ1v) is 6.34. The maximum absolute atomic E-state index is 9.26. The van der Waals surface area contributed by atoms with Crippen molar-refractivity contribution in [1.82, 2.24) is 10.1 Å². The minimum Gasteiger partial charge on any atom is -0.384 e. The number of benzene rings is 1. The van der Waals surface area contributed by atoms with Crippen molar-refractivity contribution in [3.05, 3.63) is 41.5 Å². The van der Waals surface area contributed by atoms with Crippen LogP contribution in [0.3, 0.4) is 0 Å². The maximum atomic E-state index is 9.26. The molecule has 2 rings (SSSR count). The van der Waals surface area contributed by atoms with Gasteiger partial charge in [0.05, 0.1) is 5.75 Å². The third-order valence-corrected chi connectivity index (χ3v) is 3.46. The third-order valence-electron chi connectivity index (χ3n) is 2.29. The highest BCUT2D eigenvalue weighted by Gasteiger charge is 2.11. The molecule has 1 N–H and O–H groups in total. The smallest absolute Gasteiger partial charge is 0.255 e. The lowest BCUT2D eigenvalue weighted by Crippen LogP contribution is -1.91. The summed E-state index contributed by atoms with van der Waals surface area (Å²) in [5.41, 5.74) is 1.23. The first kappa shape index (κ1) is 12.1. The van der Waals surface area contributed by atoms with Crippen LogP contribution in [0, 0.1) is 6.92 Å². The van der Waals surface area contributed by atoms with E-state index in [0.29, 0.717) is 11.6 Å². The van der Waals surface area contributed by atoms with Gasteiger partial charge in [-0.25, -0.2) is 0 Å². The molecule has 0 amide bonds. The summed E-state index contributed by atoms with van der Waals surface area (Å²) in [6.45, 7) is 3.67. The Balaban J connectivity index is 2.00. The summed E-state index contributed by atoms with van der Waals surface area (Å²) in [5.74, 6) is 1.51. The Morgan fingerprint density at radius 1 is 1.41 bits per heavy atom. The van der Waals surface area contributed by atoms with Gasteiger partial charge in [0, 0.05) is 4.90 Å². The number of rotatable bonds is 4. The molecule has 1 heterocycles. The van der Waals surface area contributed by atoms with Gasteiger partial charge in [0.15, 0.2) is 5.82 Å². The lowest BCUT2D eigenvalue weighted by atomic mass is 10.2. The summed E-state index contributed by atoms with van der Waals surface area (Å²) >= 11 is 1.66. The molecule has 0 fully saturated rings. The quantitative estimate of drug-likeness (QED) is 0.845. The Morgan fingerprint density at radius 2 is 2.18 bits per heavy atom. The van der Waals surface area contributed by atoms with E-state index in [-0.39, 0.29) is 5.89 Å². The fourth-order valence-corrected chi connectivity index (χ4v) is 2.23. The molecule has 5 heteroatoms. The fraction of sp³-hybridized carbons (Fsp3) is 0.333. The molecule has 0 aliphatic carbocycles. The van der Waals surface area contributed by atoms with Crippen molar-refractivity contribution in [2.45, 2.75) is 30.6 Å². The highest BCUT2D eigenvalue weighted by Crippen LogP contribution is 2.25. The van der Waals surface area contributed by atoms with Crippen LogP contribution in [-0.4, -0.2) is 15.2 Å². The van der Waals surface area contributed by atoms with Crippen molar-refractivity contribution < 1.29 is 9.63 Å². The molecule has 4 nitrogen and oxygen atoms in total. The minimum atomic E-state index is -0.709. The van der Waals surface area contributed by atoms with Crippen LogP contribution in [0.15, 0.2) is 33.7 Å². The van der Waals surface area contributed by atoms with Gasteiger partial charge in [0.25, 0.3) is 5.89 Å². The molecule has 17 heavy (non-hydrogen) atoms. The van der Waals surface area contributed by atoms with E-state index < -0.39 is 6.10 Å². The summed E-state index contributed by atoms with van der Waals surface area (Å²) < 4.78 is 4.92. The largest absolute Gasteiger partial charge is 0.384 e.